The van der Waals surface area contributed by atoms with Gasteiger partial charge < -0.3 is 25.2 Å². The Balaban J connectivity index is 1.46. The summed E-state index contributed by atoms with van der Waals surface area (Å²) in [5, 5.41) is 19.1. The molecule has 3 unspecified atom stereocenters. The maximum Gasteiger partial charge on any atom is 0.145 e. The molecule has 1 saturated heterocycles. The first-order valence-corrected chi connectivity index (χ1v) is 13.9. The second-order valence-electron chi connectivity index (χ2n) is 10.2. The molecule has 37 heavy (non-hydrogen) atoms. The number of aliphatic hydroxyl groups is 1. The van der Waals surface area contributed by atoms with E-state index in [9.17, 15) is 5.11 Å². The molecule has 9 heteroatoms. The van der Waals surface area contributed by atoms with Crippen molar-refractivity contribution >= 4 is 44.8 Å². The number of anilines is 3. The Morgan fingerprint density at radius 2 is 2.14 bits per heavy atom. The van der Waals surface area contributed by atoms with Gasteiger partial charge in [0.25, 0.3) is 0 Å². The minimum Gasteiger partial charge on any atom is -0.489 e. The number of nitrogens with one attached hydrogen (secondary N) is 2. The second-order valence-corrected chi connectivity index (χ2v) is 11.2. The number of rotatable bonds is 8. The van der Waals surface area contributed by atoms with E-state index in [1.54, 1.807) is 17.7 Å². The van der Waals surface area contributed by atoms with Crippen LogP contribution in [0.1, 0.15) is 43.2 Å². The molecule has 1 aromatic carbocycles. The molecule has 0 radical (unpaired) electrons. The first-order chi connectivity index (χ1) is 17.9. The smallest absolute Gasteiger partial charge is 0.145 e. The summed E-state index contributed by atoms with van der Waals surface area (Å²) in [5.74, 6) is 1.73. The molecule has 2 aliphatic rings. The zero-order valence-electron chi connectivity index (χ0n) is 22.1. The molecule has 8 nitrogen and oxygen atoms in total. The van der Waals surface area contributed by atoms with Crippen molar-refractivity contribution in [2.75, 3.05) is 37.4 Å². The van der Waals surface area contributed by atoms with Crippen LogP contribution in [0.5, 0.6) is 5.75 Å². The van der Waals surface area contributed by atoms with Crippen LogP contribution in [0.25, 0.3) is 16.3 Å². The van der Waals surface area contributed by atoms with E-state index in [2.05, 4.69) is 39.0 Å². The maximum atomic E-state index is 11.2. The van der Waals surface area contributed by atoms with Gasteiger partial charge in [-0.3, -0.25) is 4.90 Å². The quantitative estimate of drug-likeness (QED) is 0.378. The van der Waals surface area contributed by atoms with Crippen molar-refractivity contribution in [3.05, 3.63) is 41.0 Å². The Labute approximate surface area is 222 Å². The third kappa shape index (κ3) is 5.18. The summed E-state index contributed by atoms with van der Waals surface area (Å²) in [6.45, 7) is 12.3. The normalized spacial score (nSPS) is 21.0. The number of morpholine rings is 1. The van der Waals surface area contributed by atoms with Gasteiger partial charge in [0.05, 0.1) is 30.4 Å². The maximum absolute atomic E-state index is 11.2. The topological polar surface area (TPSA) is 91.8 Å². The standard InChI is InChI=1S/C28H37N5O3S/c1-6-18-11-22(23(36-16(2)3)13-21(18)29-5)32-26-25-20-8-7-19(12-24(20)37-27(25)31-15-30-26)28(34)33-9-10-35-14-17(33)4/h6,11,13,15-17,19,28-29,34H,1,7-10,12,14H2,2-5H3,(H,30,31,32). The van der Waals surface area contributed by atoms with Gasteiger partial charge in [0.1, 0.15) is 29.0 Å². The van der Waals surface area contributed by atoms with Crippen molar-refractivity contribution in [3.8, 4) is 5.75 Å². The van der Waals surface area contributed by atoms with Crippen LogP contribution in [0.3, 0.4) is 0 Å². The zero-order chi connectivity index (χ0) is 26.1. The number of fused-ring (bicyclic) bond motifs is 3. The van der Waals surface area contributed by atoms with Crippen LogP contribution in [0.2, 0.25) is 0 Å². The van der Waals surface area contributed by atoms with Crippen molar-refractivity contribution in [2.24, 2.45) is 5.92 Å². The van der Waals surface area contributed by atoms with E-state index in [-0.39, 0.29) is 18.1 Å². The number of aromatic nitrogens is 2. The van der Waals surface area contributed by atoms with E-state index in [0.29, 0.717) is 13.2 Å². The van der Waals surface area contributed by atoms with Crippen LogP contribution >= 0.6 is 11.3 Å². The summed E-state index contributed by atoms with van der Waals surface area (Å²) in [4.78, 5) is 13.7. The summed E-state index contributed by atoms with van der Waals surface area (Å²) in [7, 11) is 1.89. The Morgan fingerprint density at radius 1 is 1.30 bits per heavy atom. The molecule has 0 amide bonds. The number of benzene rings is 1. The summed E-state index contributed by atoms with van der Waals surface area (Å²) in [6.07, 6.45) is 5.69. The van der Waals surface area contributed by atoms with Gasteiger partial charge in [0.15, 0.2) is 0 Å². The van der Waals surface area contributed by atoms with Gasteiger partial charge in [-0.15, -0.1) is 11.3 Å². The fraction of sp³-hybridized carbons (Fsp3) is 0.500. The molecule has 0 spiro atoms. The lowest BCUT2D eigenvalue weighted by atomic mass is 9.86. The van der Waals surface area contributed by atoms with Crippen molar-refractivity contribution in [1.82, 2.24) is 14.9 Å². The number of hydrogen-bond acceptors (Lipinski definition) is 9. The third-order valence-corrected chi connectivity index (χ3v) is 8.48. The molecule has 198 valence electrons. The van der Waals surface area contributed by atoms with E-state index >= 15 is 0 Å². The molecule has 1 fully saturated rings. The number of aryl methyl sites for hydroxylation is 1. The summed E-state index contributed by atoms with van der Waals surface area (Å²) >= 11 is 1.72. The first-order valence-electron chi connectivity index (χ1n) is 13.1. The van der Waals surface area contributed by atoms with E-state index in [4.69, 9.17) is 9.47 Å². The van der Waals surface area contributed by atoms with Gasteiger partial charge >= 0.3 is 0 Å². The van der Waals surface area contributed by atoms with Crippen LogP contribution in [0, 0.1) is 5.92 Å². The Morgan fingerprint density at radius 3 is 2.86 bits per heavy atom. The molecule has 1 aliphatic heterocycles. The number of ether oxygens (including phenoxy) is 2. The Bertz CT molecular complexity index is 1280. The monoisotopic (exact) mass is 523 g/mol. The second kappa shape index (κ2) is 10.9. The lowest BCUT2D eigenvalue weighted by Gasteiger charge is -2.41. The molecule has 3 heterocycles. The van der Waals surface area contributed by atoms with Crippen LogP contribution in [0.15, 0.2) is 25.0 Å². The molecule has 1 aliphatic carbocycles. The Kier molecular flexibility index (Phi) is 7.67. The number of thiophene rings is 1. The molecule has 0 bridgehead atoms. The van der Waals surface area contributed by atoms with Crippen molar-refractivity contribution in [3.63, 3.8) is 0 Å². The molecule has 3 aromatic rings. The number of aliphatic hydroxyl groups excluding tert-OH is 1. The largest absolute Gasteiger partial charge is 0.489 e. The van der Waals surface area contributed by atoms with Gasteiger partial charge in [0.2, 0.25) is 0 Å². The SMILES string of the molecule is C=Cc1cc(Nc2ncnc3sc4c(c23)CCC(C(O)N2CCOCC2C)C4)c(OC(C)C)cc1NC. The highest BCUT2D eigenvalue weighted by Crippen LogP contribution is 2.43. The summed E-state index contributed by atoms with van der Waals surface area (Å²) in [5.41, 5.74) is 4.07. The lowest BCUT2D eigenvalue weighted by molar-refractivity contribution is -0.114. The minimum atomic E-state index is -0.459. The fourth-order valence-corrected chi connectivity index (χ4v) is 6.73. The highest BCUT2D eigenvalue weighted by molar-refractivity contribution is 7.19. The predicted molar refractivity (Wildman–Crippen MR) is 151 cm³/mol. The Hall–Kier alpha value is -2.72. The molecule has 2 aromatic heterocycles. The molecular weight excluding hydrogens is 486 g/mol. The van der Waals surface area contributed by atoms with E-state index < -0.39 is 6.23 Å². The number of hydrogen-bond donors (Lipinski definition) is 3. The first kappa shape index (κ1) is 25.9. The van der Waals surface area contributed by atoms with E-state index in [1.807, 2.05) is 39.1 Å². The zero-order valence-corrected chi connectivity index (χ0v) is 22.9. The molecule has 3 atom stereocenters. The van der Waals surface area contributed by atoms with Gasteiger partial charge in [0, 0.05) is 42.2 Å². The highest BCUT2D eigenvalue weighted by atomic mass is 32.1. The molecule has 0 saturated carbocycles. The molecular formula is C28H37N5O3S. The van der Waals surface area contributed by atoms with Crippen LogP contribution in [-0.4, -0.2) is 65.2 Å². The summed E-state index contributed by atoms with van der Waals surface area (Å²) in [6, 6.07) is 4.27. The van der Waals surface area contributed by atoms with Crippen LogP contribution in [-0.2, 0) is 17.6 Å². The van der Waals surface area contributed by atoms with Crippen LogP contribution < -0.4 is 15.4 Å². The lowest BCUT2D eigenvalue weighted by Crippen LogP contribution is -2.52. The van der Waals surface area contributed by atoms with Crippen LogP contribution in [0.4, 0.5) is 17.2 Å². The van der Waals surface area contributed by atoms with Crippen molar-refractivity contribution in [2.45, 2.75) is 58.4 Å². The average molecular weight is 524 g/mol. The number of nitrogens with zero attached hydrogens (tertiary/aromatic N) is 3. The van der Waals surface area contributed by atoms with Crippen molar-refractivity contribution < 1.29 is 14.6 Å². The average Bonchev–Trinajstić information content (AvgIpc) is 3.27. The molecule has 3 N–H and O–H groups in total. The molecule has 5 rings (SSSR count). The third-order valence-electron chi connectivity index (χ3n) is 7.32. The van der Waals surface area contributed by atoms with Gasteiger partial charge in [-0.05, 0) is 57.2 Å². The van der Waals surface area contributed by atoms with Gasteiger partial charge in [-0.2, -0.15) is 0 Å². The van der Waals surface area contributed by atoms with Gasteiger partial charge in [-0.1, -0.05) is 12.7 Å². The summed E-state index contributed by atoms with van der Waals surface area (Å²) < 4.78 is 11.7. The van der Waals surface area contributed by atoms with Gasteiger partial charge in [-0.25, -0.2) is 9.97 Å². The van der Waals surface area contributed by atoms with E-state index in [0.717, 1.165) is 64.5 Å². The highest BCUT2D eigenvalue weighted by Gasteiger charge is 2.34. The fourth-order valence-electron chi connectivity index (χ4n) is 5.45. The minimum absolute atomic E-state index is 0.0247. The van der Waals surface area contributed by atoms with E-state index in [1.165, 1.54) is 10.4 Å². The predicted octanol–water partition coefficient (Wildman–Crippen LogP) is 5.05. The van der Waals surface area contributed by atoms with Crippen molar-refractivity contribution in [1.29, 1.82) is 0 Å².